The molecular formula is C10H11ClO4S. The number of halogens is 1. The maximum absolute atomic E-state index is 11.6. The molecule has 0 bridgehead atoms. The van der Waals surface area contributed by atoms with Crippen LogP contribution in [0.2, 0.25) is 0 Å². The molecule has 0 spiro atoms. The van der Waals surface area contributed by atoms with E-state index in [1.807, 2.05) is 0 Å². The summed E-state index contributed by atoms with van der Waals surface area (Å²) >= 11 is 5.55. The number of rotatable bonds is 4. The Morgan fingerprint density at radius 2 is 1.81 bits per heavy atom. The Balaban J connectivity index is 2.97. The summed E-state index contributed by atoms with van der Waals surface area (Å²) in [7, 11) is -2.08. The molecular weight excluding hydrogens is 252 g/mol. The van der Waals surface area contributed by atoms with Crippen LogP contribution in [-0.4, -0.2) is 32.3 Å². The van der Waals surface area contributed by atoms with E-state index in [4.69, 9.17) is 16.3 Å². The van der Waals surface area contributed by atoms with Crippen molar-refractivity contribution in [3.8, 4) is 5.75 Å². The van der Waals surface area contributed by atoms with Crippen molar-refractivity contribution in [3.05, 3.63) is 29.8 Å². The highest BCUT2D eigenvalue weighted by molar-refractivity contribution is 7.93. The van der Waals surface area contributed by atoms with Gasteiger partial charge in [0.15, 0.2) is 20.3 Å². The number of ether oxygens (including phenoxy) is 1. The summed E-state index contributed by atoms with van der Waals surface area (Å²) in [5.74, 6) is -0.0474. The number of methoxy groups -OCH3 is 1. The number of ketones is 1. The summed E-state index contributed by atoms with van der Waals surface area (Å²) in [5, 5.41) is 0. The number of hydrogen-bond donors (Lipinski definition) is 0. The molecule has 1 rings (SSSR count). The highest BCUT2D eigenvalue weighted by Gasteiger charge is 2.26. The lowest BCUT2D eigenvalue weighted by molar-refractivity contribution is 0.101. The van der Waals surface area contributed by atoms with Crippen molar-refractivity contribution >= 4 is 27.2 Å². The van der Waals surface area contributed by atoms with Crippen LogP contribution < -0.4 is 4.74 Å². The second-order valence-corrected chi connectivity index (χ2v) is 6.06. The molecule has 0 aliphatic rings. The molecule has 1 aromatic rings. The van der Waals surface area contributed by atoms with E-state index in [-0.39, 0.29) is 5.56 Å². The molecule has 0 fully saturated rings. The molecule has 4 nitrogen and oxygen atoms in total. The van der Waals surface area contributed by atoms with Gasteiger partial charge in [-0.3, -0.25) is 4.79 Å². The molecule has 1 aromatic carbocycles. The molecule has 0 aromatic heterocycles. The summed E-state index contributed by atoms with van der Waals surface area (Å²) in [5.41, 5.74) is 0.242. The topological polar surface area (TPSA) is 60.4 Å². The number of carbonyl (C=O) groups is 1. The SMILES string of the molecule is COc1ccc(C(=O)[C@H](Cl)S(C)(=O)=O)cc1. The second-order valence-electron chi connectivity index (χ2n) is 3.24. The Morgan fingerprint density at radius 3 is 2.19 bits per heavy atom. The van der Waals surface area contributed by atoms with Crippen molar-refractivity contribution in [1.82, 2.24) is 0 Å². The molecule has 0 unspecified atom stereocenters. The summed E-state index contributed by atoms with van der Waals surface area (Å²) in [6, 6.07) is 6.09. The lowest BCUT2D eigenvalue weighted by Crippen LogP contribution is -2.23. The van der Waals surface area contributed by atoms with E-state index in [9.17, 15) is 13.2 Å². The third-order valence-electron chi connectivity index (χ3n) is 1.96. The zero-order valence-corrected chi connectivity index (χ0v) is 10.4. The summed E-state index contributed by atoms with van der Waals surface area (Å²) in [6.45, 7) is 0. The fourth-order valence-corrected chi connectivity index (χ4v) is 1.73. The number of alkyl halides is 1. The molecule has 0 N–H and O–H groups in total. The Hall–Kier alpha value is -1.07. The van der Waals surface area contributed by atoms with Gasteiger partial charge in [0.2, 0.25) is 0 Å². The van der Waals surface area contributed by atoms with Crippen LogP contribution in [0.25, 0.3) is 0 Å². The van der Waals surface area contributed by atoms with Crippen molar-refractivity contribution in [1.29, 1.82) is 0 Å². The van der Waals surface area contributed by atoms with Crippen molar-refractivity contribution in [3.63, 3.8) is 0 Å². The Kier molecular flexibility index (Phi) is 3.93. The van der Waals surface area contributed by atoms with Crippen LogP contribution in [-0.2, 0) is 9.84 Å². The Morgan fingerprint density at radius 1 is 1.31 bits per heavy atom. The van der Waals surface area contributed by atoms with E-state index in [1.54, 1.807) is 12.1 Å². The fraction of sp³-hybridized carbons (Fsp3) is 0.300. The molecule has 0 radical (unpaired) electrons. The van der Waals surface area contributed by atoms with Gasteiger partial charge in [0.1, 0.15) is 5.75 Å². The summed E-state index contributed by atoms with van der Waals surface area (Å²) < 4.78 is 25.6. The smallest absolute Gasteiger partial charge is 0.197 e. The van der Waals surface area contributed by atoms with Gasteiger partial charge in [-0.25, -0.2) is 8.42 Å². The largest absolute Gasteiger partial charge is 0.497 e. The first kappa shape index (κ1) is 13.0. The van der Waals surface area contributed by atoms with Crippen LogP contribution in [0.3, 0.4) is 0 Å². The standard InChI is InChI=1S/C10H11ClO4S/c1-15-8-5-3-7(4-6-8)9(12)10(11)16(2,13)14/h3-6,10H,1-2H3/t10-/m1/s1. The highest BCUT2D eigenvalue weighted by Crippen LogP contribution is 2.16. The number of sulfone groups is 1. The minimum absolute atomic E-state index is 0.242. The minimum atomic E-state index is -3.58. The van der Waals surface area contributed by atoms with Crippen LogP contribution in [0.5, 0.6) is 5.75 Å². The van der Waals surface area contributed by atoms with Crippen LogP contribution in [0.4, 0.5) is 0 Å². The minimum Gasteiger partial charge on any atom is -0.497 e. The molecule has 6 heteroatoms. The first-order valence-corrected chi connectivity index (χ1v) is 6.76. The maximum Gasteiger partial charge on any atom is 0.197 e. The van der Waals surface area contributed by atoms with Gasteiger partial charge in [0, 0.05) is 11.8 Å². The zero-order chi connectivity index (χ0) is 12.3. The number of carbonyl (C=O) groups excluding carboxylic acids is 1. The van der Waals surface area contributed by atoms with E-state index < -0.39 is 20.3 Å². The average Bonchev–Trinajstić information content (AvgIpc) is 2.26. The van der Waals surface area contributed by atoms with Crippen molar-refractivity contribution in [2.45, 2.75) is 4.71 Å². The molecule has 1 atom stereocenters. The number of hydrogen-bond acceptors (Lipinski definition) is 4. The van der Waals surface area contributed by atoms with Crippen LogP contribution in [0.1, 0.15) is 10.4 Å². The molecule has 88 valence electrons. The first-order chi connectivity index (χ1) is 7.36. The summed E-state index contributed by atoms with van der Waals surface area (Å²) in [6.07, 6.45) is 0.923. The molecule has 0 saturated heterocycles. The van der Waals surface area contributed by atoms with Gasteiger partial charge >= 0.3 is 0 Å². The molecule has 0 saturated carbocycles. The quantitative estimate of drug-likeness (QED) is 0.609. The molecule has 16 heavy (non-hydrogen) atoms. The molecule has 0 heterocycles. The van der Waals surface area contributed by atoms with Gasteiger partial charge in [-0.15, -0.1) is 0 Å². The fourth-order valence-electron chi connectivity index (χ4n) is 1.08. The third kappa shape index (κ3) is 2.96. The second kappa shape index (κ2) is 4.84. The van der Waals surface area contributed by atoms with Gasteiger partial charge in [-0.05, 0) is 24.3 Å². The average molecular weight is 263 g/mol. The van der Waals surface area contributed by atoms with E-state index >= 15 is 0 Å². The van der Waals surface area contributed by atoms with Crippen molar-refractivity contribution < 1.29 is 17.9 Å². The van der Waals surface area contributed by atoms with E-state index in [0.29, 0.717) is 5.75 Å². The van der Waals surface area contributed by atoms with Gasteiger partial charge in [0.05, 0.1) is 7.11 Å². The Labute approximate surface area is 99.1 Å². The lowest BCUT2D eigenvalue weighted by atomic mass is 10.1. The predicted molar refractivity (Wildman–Crippen MR) is 61.8 cm³/mol. The monoisotopic (exact) mass is 262 g/mol. The van der Waals surface area contributed by atoms with E-state index in [0.717, 1.165) is 6.26 Å². The van der Waals surface area contributed by atoms with E-state index in [2.05, 4.69) is 0 Å². The van der Waals surface area contributed by atoms with Gasteiger partial charge in [0.25, 0.3) is 0 Å². The van der Waals surface area contributed by atoms with Crippen LogP contribution >= 0.6 is 11.6 Å². The van der Waals surface area contributed by atoms with Crippen molar-refractivity contribution in [2.24, 2.45) is 0 Å². The van der Waals surface area contributed by atoms with Crippen molar-refractivity contribution in [2.75, 3.05) is 13.4 Å². The summed E-state index contributed by atoms with van der Waals surface area (Å²) in [4.78, 5) is 11.6. The van der Waals surface area contributed by atoms with E-state index in [1.165, 1.54) is 19.2 Å². The zero-order valence-electron chi connectivity index (χ0n) is 8.81. The Bertz CT molecular complexity index is 478. The predicted octanol–water partition coefficient (Wildman–Crippen LogP) is 1.49. The first-order valence-electron chi connectivity index (χ1n) is 4.37. The van der Waals surface area contributed by atoms with Crippen LogP contribution in [0, 0.1) is 0 Å². The normalized spacial score (nSPS) is 13.2. The van der Waals surface area contributed by atoms with Gasteiger partial charge in [-0.1, -0.05) is 11.6 Å². The molecule has 0 aliphatic heterocycles. The van der Waals surface area contributed by atoms with Crippen LogP contribution in [0.15, 0.2) is 24.3 Å². The van der Waals surface area contributed by atoms with Gasteiger partial charge in [-0.2, -0.15) is 0 Å². The number of benzene rings is 1. The van der Waals surface area contributed by atoms with Gasteiger partial charge < -0.3 is 4.74 Å². The maximum atomic E-state index is 11.6. The lowest BCUT2D eigenvalue weighted by Gasteiger charge is -2.06. The molecule has 0 aliphatic carbocycles. The highest BCUT2D eigenvalue weighted by atomic mass is 35.5. The number of Topliss-reactive ketones (excluding diaryl/α,β-unsaturated/α-hetero) is 1. The molecule has 0 amide bonds. The third-order valence-corrected chi connectivity index (χ3v) is 4.09.